The number of nitrogens with two attached hydrogens (primary N) is 1. The van der Waals surface area contributed by atoms with E-state index in [4.69, 9.17) is 10.5 Å². The lowest BCUT2D eigenvalue weighted by Crippen LogP contribution is -2.70. The van der Waals surface area contributed by atoms with Crippen LogP contribution in [-0.4, -0.2) is 26.4 Å². The lowest BCUT2D eigenvalue weighted by atomic mass is 9.49. The highest BCUT2D eigenvalue weighted by atomic mass is 32.1. The van der Waals surface area contributed by atoms with Gasteiger partial charge in [-0.3, -0.25) is 10.2 Å². The number of fused-ring (bicyclic) bond motifs is 4. The molecular formula is C26H24FN5O2S. The number of hydrogen-bond donors (Lipinski definition) is 2. The highest BCUT2D eigenvalue weighted by Crippen LogP contribution is 2.60. The van der Waals surface area contributed by atoms with Gasteiger partial charge < -0.3 is 10.5 Å². The van der Waals surface area contributed by atoms with Gasteiger partial charge in [0.2, 0.25) is 0 Å². The molecule has 7 nitrogen and oxygen atoms in total. The monoisotopic (exact) mass is 489 g/mol. The summed E-state index contributed by atoms with van der Waals surface area (Å²) in [5.41, 5.74) is 13.1. The van der Waals surface area contributed by atoms with Gasteiger partial charge in [-0.05, 0) is 68.9 Å². The molecule has 0 spiro atoms. The van der Waals surface area contributed by atoms with Crippen molar-refractivity contribution in [2.45, 2.75) is 51.4 Å². The Morgan fingerprint density at radius 3 is 2.77 bits per heavy atom. The number of carbonyl (C=O) groups excluding carboxylic acids is 1. The minimum Gasteiger partial charge on any atom is -0.383 e. The second-order valence-corrected chi connectivity index (χ2v) is 11.3. The van der Waals surface area contributed by atoms with Crippen LogP contribution in [0.5, 0.6) is 0 Å². The number of amides is 1. The number of nitrogens with one attached hydrogen (secondary N) is 1. The normalized spacial score (nSPS) is 24.2. The zero-order chi connectivity index (χ0) is 24.1. The Morgan fingerprint density at radius 2 is 2.03 bits per heavy atom. The number of aryl methyl sites for hydroxylation is 1. The van der Waals surface area contributed by atoms with E-state index in [1.54, 1.807) is 22.4 Å². The first-order chi connectivity index (χ1) is 16.8. The number of ether oxygens (including phenoxy) is 1. The van der Waals surface area contributed by atoms with Crippen molar-refractivity contribution in [1.82, 2.24) is 15.0 Å². The average molecular weight is 490 g/mol. The van der Waals surface area contributed by atoms with Crippen LogP contribution >= 0.6 is 11.3 Å². The number of benzene rings is 2. The Kier molecular flexibility index (Phi) is 4.27. The lowest BCUT2D eigenvalue weighted by Gasteiger charge is -2.65. The van der Waals surface area contributed by atoms with Crippen molar-refractivity contribution in [3.8, 4) is 0 Å². The predicted octanol–water partition coefficient (Wildman–Crippen LogP) is 5.49. The Hall–Kier alpha value is -3.30. The van der Waals surface area contributed by atoms with Crippen molar-refractivity contribution in [2.75, 3.05) is 11.2 Å². The quantitative estimate of drug-likeness (QED) is 0.369. The smallest absolute Gasteiger partial charge is 0.275 e. The molecule has 178 valence electrons. The summed E-state index contributed by atoms with van der Waals surface area (Å²) in [5.74, 6) is 0.0185. The van der Waals surface area contributed by atoms with Crippen LogP contribution in [0.1, 0.15) is 58.8 Å². The van der Waals surface area contributed by atoms with E-state index in [1.165, 1.54) is 6.07 Å². The van der Waals surface area contributed by atoms with Crippen LogP contribution in [0.15, 0.2) is 30.3 Å². The summed E-state index contributed by atoms with van der Waals surface area (Å²) in [4.78, 5) is 22.8. The van der Waals surface area contributed by atoms with Crippen LogP contribution in [0.3, 0.4) is 0 Å². The van der Waals surface area contributed by atoms with Crippen LogP contribution in [0, 0.1) is 18.7 Å². The molecule has 0 unspecified atom stereocenters. The van der Waals surface area contributed by atoms with E-state index in [2.05, 4.69) is 15.4 Å². The standard InChI is InChI=1S/C26H24FN5O2S/c1-12-23-18(11-34-12)16-6-17(19(27)7-21(16)30-24(23)28)25(33)32(26-8-14(9-26)10-26)31-15-3-4-20-22(5-15)35-13(2)29-20/h3-7,12,14,31H,8-11H2,1-2H3,(H2,28,30)/t12-,14?,26?/m1/s1. The van der Waals surface area contributed by atoms with Gasteiger partial charge in [-0.2, -0.15) is 0 Å². The van der Waals surface area contributed by atoms with Crippen molar-refractivity contribution in [2.24, 2.45) is 5.92 Å². The van der Waals surface area contributed by atoms with E-state index in [1.807, 2.05) is 32.0 Å². The first kappa shape index (κ1) is 21.0. The Labute approximate surface area is 205 Å². The maximum atomic E-state index is 15.4. The highest BCUT2D eigenvalue weighted by molar-refractivity contribution is 7.18. The number of pyridine rings is 1. The highest BCUT2D eigenvalue weighted by Gasteiger charge is 2.62. The van der Waals surface area contributed by atoms with E-state index in [0.717, 1.165) is 51.3 Å². The number of hydrogen-bond acceptors (Lipinski definition) is 7. The molecule has 35 heavy (non-hydrogen) atoms. The third-order valence-electron chi connectivity index (χ3n) is 7.79. The number of nitrogens with zero attached hydrogens (tertiary/aromatic N) is 3. The van der Waals surface area contributed by atoms with Crippen molar-refractivity contribution in [1.29, 1.82) is 0 Å². The Balaban J connectivity index is 1.31. The minimum atomic E-state index is -0.603. The molecule has 8 rings (SSSR count). The Bertz CT molecular complexity index is 1550. The van der Waals surface area contributed by atoms with E-state index >= 15 is 4.39 Å². The maximum Gasteiger partial charge on any atom is 0.275 e. The molecule has 0 saturated heterocycles. The zero-order valence-electron chi connectivity index (χ0n) is 19.4. The molecule has 3 fully saturated rings. The van der Waals surface area contributed by atoms with Gasteiger partial charge in [0.05, 0.1) is 50.2 Å². The van der Waals surface area contributed by atoms with Gasteiger partial charge in [0, 0.05) is 17.0 Å². The molecule has 1 aliphatic heterocycles. The van der Waals surface area contributed by atoms with Crippen LogP contribution in [-0.2, 0) is 11.3 Å². The van der Waals surface area contributed by atoms with Crippen molar-refractivity contribution >= 4 is 49.9 Å². The topological polar surface area (TPSA) is 93.4 Å². The summed E-state index contributed by atoms with van der Waals surface area (Å²) in [7, 11) is 0. The molecular weight excluding hydrogens is 465 g/mol. The fourth-order valence-electron chi connectivity index (χ4n) is 5.90. The largest absolute Gasteiger partial charge is 0.383 e. The molecule has 2 aromatic carbocycles. The molecule has 1 amide bonds. The fraction of sp³-hybridized carbons (Fsp3) is 0.346. The summed E-state index contributed by atoms with van der Waals surface area (Å²) < 4.78 is 22.2. The number of anilines is 2. The number of nitrogen functional groups attached to an aromatic ring is 1. The van der Waals surface area contributed by atoms with Gasteiger partial charge in [0.1, 0.15) is 11.6 Å². The number of thiazole rings is 1. The van der Waals surface area contributed by atoms with Crippen LogP contribution in [0.4, 0.5) is 15.9 Å². The summed E-state index contributed by atoms with van der Waals surface area (Å²) in [6, 6.07) is 8.80. The van der Waals surface area contributed by atoms with Crippen molar-refractivity contribution < 1.29 is 13.9 Å². The number of rotatable bonds is 4. The van der Waals surface area contributed by atoms with Gasteiger partial charge in [0.15, 0.2) is 0 Å². The molecule has 2 bridgehead atoms. The van der Waals surface area contributed by atoms with Crippen molar-refractivity contribution in [3.63, 3.8) is 0 Å². The lowest BCUT2D eigenvalue weighted by molar-refractivity contribution is -0.114. The summed E-state index contributed by atoms with van der Waals surface area (Å²) in [5, 5.41) is 3.36. The molecule has 4 aromatic rings. The van der Waals surface area contributed by atoms with Gasteiger partial charge in [-0.15, -0.1) is 11.3 Å². The molecule has 9 heteroatoms. The number of hydrazine groups is 1. The SMILES string of the molecule is Cc1nc2ccc(NN(C(=O)c3cc4c5c(c(N)nc4cc3F)[C@@H](C)OC5)C34CC(C3)C4)cc2s1. The van der Waals surface area contributed by atoms with Crippen LogP contribution in [0.2, 0.25) is 0 Å². The summed E-state index contributed by atoms with van der Waals surface area (Å²) in [6.07, 6.45) is 2.61. The molecule has 0 radical (unpaired) electrons. The summed E-state index contributed by atoms with van der Waals surface area (Å²) >= 11 is 1.61. The van der Waals surface area contributed by atoms with Gasteiger partial charge in [-0.25, -0.2) is 19.4 Å². The number of aromatic nitrogens is 2. The first-order valence-electron chi connectivity index (χ1n) is 11.8. The predicted molar refractivity (Wildman–Crippen MR) is 134 cm³/mol. The number of halogens is 1. The zero-order valence-corrected chi connectivity index (χ0v) is 20.2. The van der Waals surface area contributed by atoms with E-state index in [0.29, 0.717) is 29.2 Å². The second-order valence-electron chi connectivity index (χ2n) is 10.1. The molecule has 3 aliphatic carbocycles. The average Bonchev–Trinajstić information content (AvgIpc) is 3.32. The van der Waals surface area contributed by atoms with Crippen LogP contribution < -0.4 is 11.2 Å². The third kappa shape index (κ3) is 3.01. The maximum absolute atomic E-state index is 15.4. The fourth-order valence-corrected chi connectivity index (χ4v) is 6.77. The summed E-state index contributed by atoms with van der Waals surface area (Å²) in [6.45, 7) is 4.25. The third-order valence-corrected chi connectivity index (χ3v) is 8.72. The van der Waals surface area contributed by atoms with E-state index < -0.39 is 5.82 Å². The second kappa shape index (κ2) is 7.11. The van der Waals surface area contributed by atoms with Crippen LogP contribution in [0.25, 0.3) is 21.1 Å². The van der Waals surface area contributed by atoms with Gasteiger partial charge in [0.25, 0.3) is 5.91 Å². The molecule has 3 heterocycles. The molecule has 1 atom stereocenters. The molecule has 2 aromatic heterocycles. The molecule has 3 N–H and O–H groups in total. The molecule has 4 aliphatic rings. The minimum absolute atomic E-state index is 0.0257. The van der Waals surface area contributed by atoms with Gasteiger partial charge >= 0.3 is 0 Å². The van der Waals surface area contributed by atoms with E-state index in [-0.39, 0.29) is 23.1 Å². The van der Waals surface area contributed by atoms with Crippen molar-refractivity contribution in [3.05, 3.63) is 57.8 Å². The number of carbonyl (C=O) groups is 1. The van der Waals surface area contributed by atoms with Gasteiger partial charge in [-0.1, -0.05) is 0 Å². The van der Waals surface area contributed by atoms with E-state index in [9.17, 15) is 4.79 Å². The Morgan fingerprint density at radius 1 is 1.23 bits per heavy atom. The first-order valence-corrected chi connectivity index (χ1v) is 12.6. The molecule has 3 saturated carbocycles.